The minimum Gasteiger partial charge on any atom is -0.291 e. The molecule has 1 heterocycles. The minimum absolute atomic E-state index is 0.0185. The predicted octanol–water partition coefficient (Wildman–Crippen LogP) is 2.80. The van der Waals surface area contributed by atoms with Crippen LogP contribution in [0.4, 0.5) is 5.69 Å². The van der Waals surface area contributed by atoms with Crippen molar-refractivity contribution in [2.45, 2.75) is 18.2 Å². The van der Waals surface area contributed by atoms with E-state index in [2.05, 4.69) is 21.0 Å². The van der Waals surface area contributed by atoms with Crippen LogP contribution in [0.15, 0.2) is 23.3 Å². The average Bonchev–Trinajstić information content (AvgIpc) is 2.71. The fourth-order valence-corrected chi connectivity index (χ4v) is 2.85. The Kier molecular flexibility index (Phi) is 4.35. The number of hydrogen-bond donors (Lipinski definition) is 0. The Hall–Kier alpha value is -1.80. The lowest BCUT2D eigenvalue weighted by molar-refractivity contribution is -0.384. The van der Waals surface area contributed by atoms with Crippen LogP contribution in [0.1, 0.15) is 24.2 Å². The minimum atomic E-state index is -1.62. The summed E-state index contributed by atoms with van der Waals surface area (Å²) < 4.78 is -1.62. The fourth-order valence-electron chi connectivity index (χ4n) is 2.09. The van der Waals surface area contributed by atoms with Crippen LogP contribution < -0.4 is 0 Å². The van der Waals surface area contributed by atoms with Crippen molar-refractivity contribution in [2.75, 3.05) is 6.54 Å². The smallest absolute Gasteiger partial charge is 0.273 e. The number of carbonyl (C=O) groups excluding carboxylic acids is 2. The number of non-ortho nitro benzene ring substituents is 1. The molecule has 1 unspecified atom stereocenters. The number of ketones is 1. The zero-order valence-electron chi connectivity index (χ0n) is 11.7. The molecule has 0 aromatic heterocycles. The first-order valence-electron chi connectivity index (χ1n) is 6.28. The summed E-state index contributed by atoms with van der Waals surface area (Å²) in [7, 11) is 0. The molecule has 1 aliphatic heterocycles. The Bertz CT molecular complexity index is 721. The standard InChI is InChI=1S/C13H11BrClN3O4/c1-3-17-12(20)13(14,7(2)16-17)11(19)9-5-4-8(18(21)22)6-10(9)15/h4-6H,3H2,1-2H3. The first-order chi connectivity index (χ1) is 10.2. The number of nitro benzene ring substituents is 1. The number of nitrogens with zero attached hydrogens (tertiary/aromatic N) is 3. The largest absolute Gasteiger partial charge is 0.291 e. The van der Waals surface area contributed by atoms with Gasteiger partial charge >= 0.3 is 0 Å². The van der Waals surface area contributed by atoms with Gasteiger partial charge in [-0.15, -0.1) is 0 Å². The van der Waals surface area contributed by atoms with Crippen LogP contribution in [-0.4, -0.2) is 38.2 Å². The van der Waals surface area contributed by atoms with Crippen molar-refractivity contribution in [1.82, 2.24) is 5.01 Å². The second kappa shape index (κ2) is 5.77. The third kappa shape index (κ3) is 2.42. The number of amides is 1. The number of carbonyl (C=O) groups is 2. The van der Waals surface area contributed by atoms with E-state index in [0.717, 1.165) is 6.07 Å². The molecule has 1 aromatic carbocycles. The van der Waals surface area contributed by atoms with E-state index in [4.69, 9.17) is 11.6 Å². The predicted molar refractivity (Wildman–Crippen MR) is 84.6 cm³/mol. The molecule has 0 N–H and O–H groups in total. The summed E-state index contributed by atoms with van der Waals surface area (Å²) >= 11 is 9.14. The number of rotatable bonds is 4. The highest BCUT2D eigenvalue weighted by molar-refractivity contribution is 9.11. The van der Waals surface area contributed by atoms with Crippen LogP contribution in [0.2, 0.25) is 5.02 Å². The van der Waals surface area contributed by atoms with Crippen molar-refractivity contribution in [3.63, 3.8) is 0 Å². The summed E-state index contributed by atoms with van der Waals surface area (Å²) in [6.45, 7) is 3.61. The van der Waals surface area contributed by atoms with Crippen molar-refractivity contribution in [3.05, 3.63) is 38.9 Å². The van der Waals surface area contributed by atoms with Gasteiger partial charge in [0, 0.05) is 24.2 Å². The second-order valence-electron chi connectivity index (χ2n) is 4.62. The van der Waals surface area contributed by atoms with Crippen LogP contribution in [0, 0.1) is 10.1 Å². The zero-order valence-corrected chi connectivity index (χ0v) is 14.0. The molecule has 0 saturated carbocycles. The van der Waals surface area contributed by atoms with Crippen LogP contribution in [-0.2, 0) is 4.79 Å². The topological polar surface area (TPSA) is 92.9 Å². The van der Waals surface area contributed by atoms with Gasteiger partial charge in [-0.2, -0.15) is 5.10 Å². The lowest BCUT2D eigenvalue weighted by atomic mass is 9.93. The van der Waals surface area contributed by atoms with Gasteiger partial charge in [0.2, 0.25) is 4.32 Å². The van der Waals surface area contributed by atoms with Gasteiger partial charge in [0.1, 0.15) is 0 Å². The first kappa shape index (κ1) is 16.6. The summed E-state index contributed by atoms with van der Waals surface area (Å²) in [4.78, 5) is 35.2. The van der Waals surface area contributed by atoms with E-state index in [1.807, 2.05) is 0 Å². The van der Waals surface area contributed by atoms with Crippen LogP contribution in [0.25, 0.3) is 0 Å². The van der Waals surface area contributed by atoms with Gasteiger partial charge in [-0.1, -0.05) is 27.5 Å². The van der Waals surface area contributed by atoms with E-state index < -0.39 is 20.9 Å². The van der Waals surface area contributed by atoms with Crippen molar-refractivity contribution < 1.29 is 14.5 Å². The summed E-state index contributed by atoms with van der Waals surface area (Å²) in [6, 6.07) is 3.48. The normalized spacial score (nSPS) is 21.0. The molecule has 116 valence electrons. The van der Waals surface area contributed by atoms with Crippen molar-refractivity contribution >= 4 is 50.6 Å². The average molecular weight is 389 g/mol. The van der Waals surface area contributed by atoms with Crippen LogP contribution in [0.3, 0.4) is 0 Å². The molecule has 0 spiro atoms. The molecule has 0 radical (unpaired) electrons. The maximum atomic E-state index is 12.7. The van der Waals surface area contributed by atoms with Crippen molar-refractivity contribution in [3.8, 4) is 0 Å². The number of benzene rings is 1. The lowest BCUT2D eigenvalue weighted by Gasteiger charge is -2.20. The lowest BCUT2D eigenvalue weighted by Crippen LogP contribution is -2.47. The Morgan fingerprint density at radius 2 is 2.18 bits per heavy atom. The summed E-state index contributed by atoms with van der Waals surface area (Å²) in [6.07, 6.45) is 0. The molecule has 7 nitrogen and oxygen atoms in total. The molecule has 0 saturated heterocycles. The molecule has 22 heavy (non-hydrogen) atoms. The molecule has 2 rings (SSSR count). The SMILES string of the molecule is CCN1N=C(C)C(Br)(C(=O)c2ccc([N+](=O)[O-])cc2Cl)C1=O. The Balaban J connectivity index is 2.46. The summed E-state index contributed by atoms with van der Waals surface area (Å²) in [5.74, 6) is -1.11. The van der Waals surface area contributed by atoms with Gasteiger partial charge in [0.15, 0.2) is 5.78 Å². The van der Waals surface area contributed by atoms with Crippen LogP contribution in [0.5, 0.6) is 0 Å². The highest BCUT2D eigenvalue weighted by Gasteiger charge is 2.53. The number of halogens is 2. The molecule has 0 aliphatic carbocycles. The molecule has 1 atom stereocenters. The van der Waals surface area contributed by atoms with E-state index in [1.54, 1.807) is 13.8 Å². The van der Waals surface area contributed by atoms with Gasteiger partial charge in [-0.3, -0.25) is 19.7 Å². The van der Waals surface area contributed by atoms with Crippen molar-refractivity contribution in [2.24, 2.45) is 5.10 Å². The highest BCUT2D eigenvalue weighted by atomic mass is 79.9. The maximum Gasteiger partial charge on any atom is 0.273 e. The fraction of sp³-hybridized carbons (Fsp3) is 0.308. The molecular formula is C13H11BrClN3O4. The van der Waals surface area contributed by atoms with E-state index in [1.165, 1.54) is 17.1 Å². The summed E-state index contributed by atoms with van der Waals surface area (Å²) in [5.41, 5.74) is 0.0762. The second-order valence-corrected chi connectivity index (χ2v) is 6.21. The highest BCUT2D eigenvalue weighted by Crippen LogP contribution is 2.35. The first-order valence-corrected chi connectivity index (χ1v) is 7.45. The molecule has 1 aliphatic rings. The molecule has 1 aromatic rings. The number of nitro groups is 1. The van der Waals surface area contributed by atoms with Crippen LogP contribution >= 0.6 is 27.5 Å². The third-order valence-electron chi connectivity index (χ3n) is 3.32. The van der Waals surface area contributed by atoms with Gasteiger partial charge in [-0.25, -0.2) is 5.01 Å². The third-order valence-corrected chi connectivity index (χ3v) is 4.90. The Morgan fingerprint density at radius 1 is 1.55 bits per heavy atom. The summed E-state index contributed by atoms with van der Waals surface area (Å²) in [5, 5.41) is 15.8. The van der Waals surface area contributed by atoms with E-state index in [0.29, 0.717) is 12.3 Å². The number of Topliss-reactive ketones (excluding diaryl/α,β-unsaturated/α-hetero) is 1. The number of hydrogen-bond acceptors (Lipinski definition) is 5. The van der Waals surface area contributed by atoms with E-state index in [9.17, 15) is 19.7 Å². The van der Waals surface area contributed by atoms with Gasteiger partial charge in [0.25, 0.3) is 11.6 Å². The van der Waals surface area contributed by atoms with Gasteiger partial charge in [0.05, 0.1) is 15.7 Å². The van der Waals surface area contributed by atoms with Gasteiger partial charge < -0.3 is 0 Å². The molecule has 0 bridgehead atoms. The Morgan fingerprint density at radius 3 is 2.64 bits per heavy atom. The Labute approximate surface area is 139 Å². The van der Waals surface area contributed by atoms with E-state index >= 15 is 0 Å². The zero-order chi connectivity index (χ0) is 16.7. The van der Waals surface area contributed by atoms with Gasteiger partial charge in [-0.05, 0) is 19.9 Å². The molecule has 1 amide bonds. The monoisotopic (exact) mass is 387 g/mol. The molecular weight excluding hydrogens is 378 g/mol. The molecule has 0 fully saturated rings. The number of alkyl halides is 1. The number of hydrazone groups is 1. The van der Waals surface area contributed by atoms with E-state index in [-0.39, 0.29) is 16.3 Å². The quantitative estimate of drug-likeness (QED) is 0.261. The maximum absolute atomic E-state index is 12.7. The van der Waals surface area contributed by atoms with Crippen molar-refractivity contribution in [1.29, 1.82) is 0 Å². The molecule has 9 heteroatoms.